The van der Waals surface area contributed by atoms with Crippen LogP contribution in [0.15, 0.2) is 0 Å². The maximum atomic E-state index is 7.82. The molecule has 0 saturated heterocycles. The lowest BCUT2D eigenvalue weighted by atomic mass is 11.9. The number of hydrogen-bond acceptors (Lipinski definition) is 3. The van der Waals surface area contributed by atoms with E-state index in [1.54, 1.807) is 0 Å². The van der Waals surface area contributed by atoms with E-state index in [9.17, 15) is 0 Å². The van der Waals surface area contributed by atoms with Crippen LogP contribution in [0.3, 0.4) is 0 Å². The minimum Gasteiger partial charge on any atom is -0.346 e. The van der Waals surface area contributed by atoms with Gasteiger partial charge in [-0.15, -0.1) is 0 Å². The second kappa shape index (κ2) is 2.67. The van der Waals surface area contributed by atoms with Gasteiger partial charge in [-0.25, -0.2) is 0 Å². The van der Waals surface area contributed by atoms with Crippen LogP contribution in [0.25, 0.3) is 0 Å². The van der Waals surface area contributed by atoms with E-state index in [0.717, 1.165) is 5.11 Å². The summed E-state index contributed by atoms with van der Waals surface area (Å²) >= 11 is 4.08. The Morgan fingerprint density at radius 1 is 1.60 bits per heavy atom. The van der Waals surface area contributed by atoms with Crippen LogP contribution in [0, 0.1) is 0 Å². The summed E-state index contributed by atoms with van der Waals surface area (Å²) in [6.07, 6.45) is 0. The lowest BCUT2D eigenvalue weighted by molar-refractivity contribution is 0.502. The summed E-state index contributed by atoms with van der Waals surface area (Å²) in [4.78, 5) is 15.6. The fourth-order valence-electron chi connectivity index (χ4n) is 0. The van der Waals surface area contributed by atoms with Crippen molar-refractivity contribution in [3.63, 3.8) is 0 Å². The number of thiocarbonyl (C=S) groups is 1. The topological polar surface area (TPSA) is 40.5 Å². The Hall–Kier alpha value is 0.440. The number of rotatable bonds is 1. The summed E-state index contributed by atoms with van der Waals surface area (Å²) < 4.78 is 0. The van der Waals surface area contributed by atoms with Crippen molar-refractivity contribution in [2.75, 3.05) is 0 Å². The van der Waals surface area contributed by atoms with E-state index in [1.807, 2.05) is 0 Å². The highest BCUT2D eigenvalue weighted by atomic mass is 32.1. The second-order valence-electron chi connectivity index (χ2n) is 0.426. The lowest BCUT2D eigenvalue weighted by Gasteiger charge is -1.80. The Kier molecular flexibility index (Phi) is 2.90. The Balaban J connectivity index is 2.83. The van der Waals surface area contributed by atoms with Crippen LogP contribution in [0.2, 0.25) is 0 Å². The Morgan fingerprint density at radius 2 is 1.80 bits per heavy atom. The molecule has 2 nitrogen and oxygen atoms in total. The van der Waals surface area contributed by atoms with E-state index < -0.39 is 8.38 Å². The van der Waals surface area contributed by atoms with Crippen LogP contribution >= 0.6 is 20.6 Å². The van der Waals surface area contributed by atoms with Crippen molar-refractivity contribution < 1.29 is 9.79 Å². The molecule has 30 valence electrons. The first kappa shape index (κ1) is 5.44. The minimum atomic E-state index is -1.91. The summed E-state index contributed by atoms with van der Waals surface area (Å²) in [7, 11) is -1.91. The van der Waals surface area contributed by atoms with Gasteiger partial charge < -0.3 is 9.79 Å². The molecule has 0 aliphatic heterocycles. The van der Waals surface area contributed by atoms with Crippen LogP contribution in [0.1, 0.15) is 0 Å². The Labute approximate surface area is 36.4 Å². The summed E-state index contributed by atoms with van der Waals surface area (Å²) in [6, 6.07) is 0. The molecular weight excluding hydrogens is 107 g/mol. The van der Waals surface area contributed by atoms with Gasteiger partial charge in [-0.1, -0.05) is 12.2 Å². The first-order valence-corrected chi connectivity index (χ1v) is 2.68. The van der Waals surface area contributed by atoms with Crippen LogP contribution in [0.5, 0.6) is 0 Å². The standard InChI is InChI=1S/CH3O2PS/c2-4(3)1-5/h1-3H. The van der Waals surface area contributed by atoms with Gasteiger partial charge in [0.15, 0.2) is 0 Å². The molecule has 2 N–H and O–H groups in total. The molecule has 5 heavy (non-hydrogen) atoms. The number of hydrogen-bond donors (Lipinski definition) is 2. The third-order valence-corrected chi connectivity index (χ3v) is 0.849. The summed E-state index contributed by atoms with van der Waals surface area (Å²) in [6.45, 7) is 0. The van der Waals surface area contributed by atoms with Crippen LogP contribution in [0.4, 0.5) is 0 Å². The molecule has 0 atom stereocenters. The molecule has 0 rings (SSSR count). The molecule has 4 heteroatoms. The third kappa shape index (κ3) is 4.44. The molecule has 0 saturated carbocycles. The van der Waals surface area contributed by atoms with Crippen LogP contribution in [-0.2, 0) is 0 Å². The maximum absolute atomic E-state index is 7.82. The molecule has 0 aliphatic rings. The molecule has 0 aromatic carbocycles. The molecule has 0 fully saturated rings. The predicted molar refractivity (Wildman–Crippen MR) is 25.0 cm³/mol. The molecule has 0 aromatic heterocycles. The van der Waals surface area contributed by atoms with E-state index in [1.165, 1.54) is 0 Å². The van der Waals surface area contributed by atoms with Gasteiger partial charge in [0.2, 0.25) is 8.38 Å². The van der Waals surface area contributed by atoms with Gasteiger partial charge in [0, 0.05) is 0 Å². The quantitative estimate of drug-likeness (QED) is 0.375. The predicted octanol–water partition coefficient (Wildman–Crippen LogP) is 0.240. The molecule has 0 bridgehead atoms. The van der Waals surface area contributed by atoms with E-state index in [-0.39, 0.29) is 0 Å². The smallest absolute Gasteiger partial charge is 0.203 e. The fraction of sp³-hybridized carbons (Fsp3) is 0. The average molecular weight is 110 g/mol. The average Bonchev–Trinajstić information content (AvgIpc) is 1.38. The highest BCUT2D eigenvalue weighted by Gasteiger charge is 1.81. The maximum Gasteiger partial charge on any atom is 0.203 e. The van der Waals surface area contributed by atoms with E-state index >= 15 is 0 Å². The minimum absolute atomic E-state index is 0.926. The molecule has 0 radical (unpaired) electrons. The van der Waals surface area contributed by atoms with Crippen molar-refractivity contribution in [3.05, 3.63) is 0 Å². The summed E-state index contributed by atoms with van der Waals surface area (Å²) in [5, 5.41) is 0.926. The summed E-state index contributed by atoms with van der Waals surface area (Å²) in [5.41, 5.74) is 0. The van der Waals surface area contributed by atoms with E-state index in [2.05, 4.69) is 12.2 Å². The van der Waals surface area contributed by atoms with Gasteiger partial charge in [0.05, 0.1) is 5.11 Å². The van der Waals surface area contributed by atoms with Crippen molar-refractivity contribution in [1.29, 1.82) is 0 Å². The highest BCUT2D eigenvalue weighted by Crippen LogP contribution is 2.16. The molecule has 0 spiro atoms. The van der Waals surface area contributed by atoms with Crippen LogP contribution in [-0.4, -0.2) is 14.9 Å². The monoisotopic (exact) mass is 110 g/mol. The molecule has 0 amide bonds. The van der Waals surface area contributed by atoms with E-state index in [0.29, 0.717) is 0 Å². The first-order chi connectivity index (χ1) is 2.27. The zero-order valence-electron chi connectivity index (χ0n) is 2.33. The zero-order chi connectivity index (χ0) is 4.28. The van der Waals surface area contributed by atoms with Crippen molar-refractivity contribution in [1.82, 2.24) is 0 Å². The van der Waals surface area contributed by atoms with Gasteiger partial charge >= 0.3 is 0 Å². The van der Waals surface area contributed by atoms with Gasteiger partial charge in [-0.3, -0.25) is 0 Å². The van der Waals surface area contributed by atoms with Gasteiger partial charge in [0.25, 0.3) is 0 Å². The molecular formula is CH3O2PS. The van der Waals surface area contributed by atoms with Crippen molar-refractivity contribution in [2.24, 2.45) is 0 Å². The van der Waals surface area contributed by atoms with Crippen molar-refractivity contribution in [2.45, 2.75) is 0 Å². The zero-order valence-corrected chi connectivity index (χ0v) is 4.04. The highest BCUT2D eigenvalue weighted by molar-refractivity contribution is 7.92. The van der Waals surface area contributed by atoms with E-state index in [4.69, 9.17) is 9.79 Å². The largest absolute Gasteiger partial charge is 0.346 e. The fourth-order valence-corrected chi connectivity index (χ4v) is 0. The van der Waals surface area contributed by atoms with Gasteiger partial charge in [-0.05, 0) is 0 Å². The van der Waals surface area contributed by atoms with Crippen molar-refractivity contribution >= 4 is 25.7 Å². The summed E-state index contributed by atoms with van der Waals surface area (Å²) in [5.74, 6) is 0. The van der Waals surface area contributed by atoms with Gasteiger partial charge in [0.1, 0.15) is 0 Å². The molecule has 0 heterocycles. The van der Waals surface area contributed by atoms with Gasteiger partial charge in [-0.2, -0.15) is 0 Å². The third-order valence-electron chi connectivity index (χ3n) is 0.0943. The second-order valence-corrected chi connectivity index (χ2v) is 1.91. The normalized spacial score (nSPS) is 8.60. The lowest BCUT2D eigenvalue weighted by Crippen LogP contribution is -1.59. The molecule has 0 aliphatic carbocycles. The SMILES string of the molecule is OP(O)C=S. The van der Waals surface area contributed by atoms with Crippen LogP contribution < -0.4 is 0 Å². The van der Waals surface area contributed by atoms with Crippen molar-refractivity contribution in [3.8, 4) is 0 Å². The molecule has 0 unspecified atom stereocenters. The molecule has 0 aromatic rings. The Morgan fingerprint density at radius 3 is 1.80 bits per heavy atom. The first-order valence-electron chi connectivity index (χ1n) is 0.894. The Bertz CT molecular complexity index is 36.6.